The Balaban J connectivity index is 1.73. The molecule has 1 unspecified atom stereocenters. The average Bonchev–Trinajstić information content (AvgIpc) is 2.93. The normalized spacial score (nSPS) is 30.1. The van der Waals surface area contributed by atoms with Gasteiger partial charge in [-0.25, -0.2) is 0 Å². The van der Waals surface area contributed by atoms with Gasteiger partial charge in [-0.15, -0.1) is 10.2 Å². The van der Waals surface area contributed by atoms with E-state index in [1.165, 1.54) is 12.8 Å². The minimum absolute atomic E-state index is 0.528. The van der Waals surface area contributed by atoms with E-state index < -0.39 is 5.60 Å². The highest BCUT2D eigenvalue weighted by atomic mass is 16.3. The summed E-state index contributed by atoms with van der Waals surface area (Å²) in [4.78, 5) is 2.27. The van der Waals surface area contributed by atoms with Crippen LogP contribution >= 0.6 is 0 Å². The predicted molar refractivity (Wildman–Crippen MR) is 63.5 cm³/mol. The third-order valence-corrected chi connectivity index (χ3v) is 3.74. The number of nitrogens with zero attached hydrogens (tertiary/aromatic N) is 4. The molecule has 1 aromatic heterocycles. The lowest BCUT2D eigenvalue weighted by Crippen LogP contribution is -2.30. The van der Waals surface area contributed by atoms with E-state index in [0.29, 0.717) is 6.04 Å². The van der Waals surface area contributed by atoms with E-state index in [4.69, 9.17) is 0 Å². The molecule has 0 amide bonds. The SMILES string of the molecule is Cc1nnc(CN2CCC(C)(O)C2)n1C1CC1. The molecule has 0 bridgehead atoms. The molecule has 2 aliphatic rings. The van der Waals surface area contributed by atoms with Crippen molar-refractivity contribution in [1.29, 1.82) is 0 Å². The molecule has 94 valence electrons. The summed E-state index contributed by atoms with van der Waals surface area (Å²) in [6.07, 6.45) is 3.36. The standard InChI is InChI=1S/C12H20N4O/c1-9-13-14-11(16(9)10-3-4-10)7-15-6-5-12(2,17)8-15/h10,17H,3-8H2,1-2H3. The average molecular weight is 236 g/mol. The molecule has 17 heavy (non-hydrogen) atoms. The van der Waals surface area contributed by atoms with Gasteiger partial charge < -0.3 is 9.67 Å². The molecule has 2 heterocycles. The van der Waals surface area contributed by atoms with Gasteiger partial charge in [-0.05, 0) is 33.1 Å². The molecule has 3 rings (SSSR count). The van der Waals surface area contributed by atoms with Gasteiger partial charge in [-0.2, -0.15) is 0 Å². The van der Waals surface area contributed by atoms with E-state index in [-0.39, 0.29) is 0 Å². The Bertz CT molecular complexity index is 422. The fourth-order valence-corrected chi connectivity index (χ4v) is 2.70. The van der Waals surface area contributed by atoms with Crippen molar-refractivity contribution in [3.05, 3.63) is 11.6 Å². The lowest BCUT2D eigenvalue weighted by Gasteiger charge is -2.18. The fourth-order valence-electron chi connectivity index (χ4n) is 2.70. The van der Waals surface area contributed by atoms with E-state index in [1.54, 1.807) is 0 Å². The van der Waals surface area contributed by atoms with Gasteiger partial charge >= 0.3 is 0 Å². The second-order valence-electron chi connectivity index (χ2n) is 5.72. The van der Waals surface area contributed by atoms with E-state index in [2.05, 4.69) is 19.7 Å². The van der Waals surface area contributed by atoms with Crippen LogP contribution in [0.3, 0.4) is 0 Å². The zero-order valence-corrected chi connectivity index (χ0v) is 10.6. The molecular weight excluding hydrogens is 216 g/mol. The molecule has 1 N–H and O–H groups in total. The van der Waals surface area contributed by atoms with Crippen molar-refractivity contribution < 1.29 is 5.11 Å². The first-order valence-corrected chi connectivity index (χ1v) is 6.40. The second-order valence-corrected chi connectivity index (χ2v) is 5.72. The van der Waals surface area contributed by atoms with Crippen molar-refractivity contribution in [2.75, 3.05) is 13.1 Å². The van der Waals surface area contributed by atoms with Crippen LogP contribution in [0.2, 0.25) is 0 Å². The van der Waals surface area contributed by atoms with E-state index in [9.17, 15) is 5.11 Å². The van der Waals surface area contributed by atoms with Gasteiger partial charge in [-0.1, -0.05) is 0 Å². The summed E-state index contributed by atoms with van der Waals surface area (Å²) in [6, 6.07) is 0.628. The van der Waals surface area contributed by atoms with Crippen molar-refractivity contribution in [1.82, 2.24) is 19.7 Å². The second kappa shape index (κ2) is 3.78. The molecule has 0 aromatic carbocycles. The molecule has 1 saturated carbocycles. The van der Waals surface area contributed by atoms with Gasteiger partial charge in [0.1, 0.15) is 11.6 Å². The number of aromatic nitrogens is 3. The first-order chi connectivity index (χ1) is 8.05. The Hall–Kier alpha value is -0.940. The zero-order valence-electron chi connectivity index (χ0n) is 10.6. The predicted octanol–water partition coefficient (Wildman–Crippen LogP) is 0.878. The topological polar surface area (TPSA) is 54.2 Å². The number of aryl methyl sites for hydroxylation is 1. The van der Waals surface area contributed by atoms with Gasteiger partial charge in [0.25, 0.3) is 0 Å². The first-order valence-electron chi connectivity index (χ1n) is 6.40. The van der Waals surface area contributed by atoms with Crippen LogP contribution in [0.5, 0.6) is 0 Å². The molecule has 2 fully saturated rings. The third-order valence-electron chi connectivity index (χ3n) is 3.74. The smallest absolute Gasteiger partial charge is 0.147 e. The van der Waals surface area contributed by atoms with Crippen molar-refractivity contribution in [3.63, 3.8) is 0 Å². The highest BCUT2D eigenvalue weighted by molar-refractivity contribution is 5.02. The number of hydrogen-bond acceptors (Lipinski definition) is 4. The Labute approximate surface area is 101 Å². The molecule has 5 heteroatoms. The summed E-state index contributed by atoms with van der Waals surface area (Å²) in [7, 11) is 0. The quantitative estimate of drug-likeness (QED) is 0.846. The molecular formula is C12H20N4O. The Morgan fingerprint density at radius 1 is 1.41 bits per heavy atom. The maximum absolute atomic E-state index is 9.95. The number of β-amino-alcohol motifs (C(OH)–C–C–N with tert-alkyl or cyclic N) is 1. The van der Waals surface area contributed by atoms with Crippen molar-refractivity contribution in [3.8, 4) is 0 Å². The van der Waals surface area contributed by atoms with Gasteiger partial charge in [-0.3, -0.25) is 4.90 Å². The Morgan fingerprint density at radius 2 is 2.18 bits per heavy atom. The molecule has 5 nitrogen and oxygen atoms in total. The molecule has 0 radical (unpaired) electrons. The summed E-state index contributed by atoms with van der Waals surface area (Å²) >= 11 is 0. The highest BCUT2D eigenvalue weighted by Crippen LogP contribution is 2.36. The van der Waals surface area contributed by atoms with E-state index >= 15 is 0 Å². The maximum atomic E-state index is 9.95. The van der Waals surface area contributed by atoms with Gasteiger partial charge in [0, 0.05) is 19.1 Å². The molecule has 1 atom stereocenters. The van der Waals surface area contributed by atoms with E-state index in [1.807, 2.05) is 13.8 Å². The summed E-state index contributed by atoms with van der Waals surface area (Å²) < 4.78 is 2.27. The first kappa shape index (κ1) is 11.2. The van der Waals surface area contributed by atoms with Gasteiger partial charge in [0.2, 0.25) is 0 Å². The van der Waals surface area contributed by atoms with Crippen molar-refractivity contribution in [2.24, 2.45) is 0 Å². The molecule has 0 spiro atoms. The van der Waals surface area contributed by atoms with Crippen molar-refractivity contribution in [2.45, 2.75) is 51.3 Å². The number of rotatable bonds is 3. The Morgan fingerprint density at radius 3 is 2.76 bits per heavy atom. The number of aliphatic hydroxyl groups is 1. The molecule has 1 aliphatic carbocycles. The minimum atomic E-state index is -0.528. The van der Waals surface area contributed by atoms with Crippen LogP contribution in [-0.4, -0.2) is 43.5 Å². The van der Waals surface area contributed by atoms with E-state index in [0.717, 1.165) is 37.7 Å². The van der Waals surface area contributed by atoms with Crippen LogP contribution in [0.1, 0.15) is 43.9 Å². The number of likely N-dealkylation sites (tertiary alicyclic amines) is 1. The third kappa shape index (κ3) is 2.21. The maximum Gasteiger partial charge on any atom is 0.147 e. The van der Waals surface area contributed by atoms with Crippen LogP contribution in [0, 0.1) is 6.92 Å². The molecule has 1 aliphatic heterocycles. The monoisotopic (exact) mass is 236 g/mol. The van der Waals surface area contributed by atoms with Crippen LogP contribution in [0.4, 0.5) is 0 Å². The zero-order chi connectivity index (χ0) is 12.0. The van der Waals surface area contributed by atoms with Crippen molar-refractivity contribution >= 4 is 0 Å². The van der Waals surface area contributed by atoms with Crippen LogP contribution < -0.4 is 0 Å². The summed E-state index contributed by atoms with van der Waals surface area (Å²) in [5.74, 6) is 2.08. The highest BCUT2D eigenvalue weighted by Gasteiger charge is 2.33. The van der Waals surface area contributed by atoms with Crippen LogP contribution in [0.15, 0.2) is 0 Å². The number of hydrogen-bond donors (Lipinski definition) is 1. The van der Waals surface area contributed by atoms with Gasteiger partial charge in [0.15, 0.2) is 0 Å². The lowest BCUT2D eigenvalue weighted by atomic mass is 10.1. The molecule has 1 aromatic rings. The summed E-state index contributed by atoms with van der Waals surface area (Å²) in [6.45, 7) is 6.43. The largest absolute Gasteiger partial charge is 0.389 e. The lowest BCUT2D eigenvalue weighted by molar-refractivity contribution is 0.0674. The van der Waals surface area contributed by atoms with Crippen LogP contribution in [0.25, 0.3) is 0 Å². The summed E-state index contributed by atoms with van der Waals surface area (Å²) in [5.41, 5.74) is -0.528. The molecule has 1 saturated heterocycles. The van der Waals surface area contributed by atoms with Gasteiger partial charge in [0.05, 0.1) is 12.1 Å². The minimum Gasteiger partial charge on any atom is -0.389 e. The van der Waals surface area contributed by atoms with Crippen LogP contribution in [-0.2, 0) is 6.54 Å². The Kier molecular flexibility index (Phi) is 2.48. The fraction of sp³-hybridized carbons (Fsp3) is 0.833. The summed E-state index contributed by atoms with van der Waals surface area (Å²) in [5, 5.41) is 18.4.